The van der Waals surface area contributed by atoms with Crippen molar-refractivity contribution >= 4 is 22.3 Å². The highest BCUT2D eigenvalue weighted by Gasteiger charge is 2.19. The van der Waals surface area contributed by atoms with Crippen LogP contribution in [0.25, 0.3) is 10.9 Å². The highest BCUT2D eigenvalue weighted by Crippen LogP contribution is 2.31. The van der Waals surface area contributed by atoms with E-state index in [0.717, 1.165) is 19.5 Å². The van der Waals surface area contributed by atoms with Crippen molar-refractivity contribution in [2.24, 2.45) is 0 Å². The largest absolute Gasteiger partial charge is 0.497 e. The molecule has 0 spiro atoms. The molecular weight excluding hydrogens is 328 g/mol. The van der Waals surface area contributed by atoms with Crippen molar-refractivity contribution < 1.29 is 4.74 Å². The maximum atomic E-state index is 12.5. The van der Waals surface area contributed by atoms with E-state index in [2.05, 4.69) is 45.0 Å². The predicted octanol–water partition coefficient (Wildman–Crippen LogP) is 2.78. The summed E-state index contributed by atoms with van der Waals surface area (Å²) in [6.45, 7) is 2.50. The molecule has 0 aliphatic carbocycles. The number of aromatic amines is 1. The Morgan fingerprint density at radius 1 is 1.15 bits per heavy atom. The van der Waals surface area contributed by atoms with E-state index in [0.29, 0.717) is 29.0 Å². The second-order valence-electron chi connectivity index (χ2n) is 6.58. The molecule has 1 N–H and O–H groups in total. The Morgan fingerprint density at radius 3 is 2.77 bits per heavy atom. The van der Waals surface area contributed by atoms with E-state index >= 15 is 0 Å². The van der Waals surface area contributed by atoms with Crippen molar-refractivity contribution in [2.45, 2.75) is 13.0 Å². The quantitative estimate of drug-likeness (QED) is 0.787. The minimum atomic E-state index is -0.135. The average molecular weight is 350 g/mol. The molecule has 0 saturated carbocycles. The zero-order chi connectivity index (χ0) is 18.1. The molecule has 3 aromatic rings. The number of rotatable bonds is 3. The fourth-order valence-corrected chi connectivity index (χ4v) is 3.51. The molecule has 1 aromatic heterocycles. The molecule has 0 fully saturated rings. The van der Waals surface area contributed by atoms with Gasteiger partial charge in [0.1, 0.15) is 11.6 Å². The van der Waals surface area contributed by atoms with Crippen LogP contribution in [-0.2, 0) is 6.54 Å². The van der Waals surface area contributed by atoms with Gasteiger partial charge in [-0.1, -0.05) is 12.1 Å². The molecule has 2 heterocycles. The molecule has 0 amide bonds. The summed E-state index contributed by atoms with van der Waals surface area (Å²) in [5, 5.41) is 0.545. The maximum Gasteiger partial charge on any atom is 0.258 e. The number of fused-ring (bicyclic) bond motifs is 2. The van der Waals surface area contributed by atoms with Crippen molar-refractivity contribution in [3.8, 4) is 5.75 Å². The first-order chi connectivity index (χ1) is 12.7. The minimum Gasteiger partial charge on any atom is -0.497 e. The van der Waals surface area contributed by atoms with Crippen LogP contribution in [0.4, 0.5) is 11.4 Å². The topological polar surface area (TPSA) is 61.5 Å². The molecule has 1 aliphatic rings. The van der Waals surface area contributed by atoms with Crippen LogP contribution in [0.15, 0.2) is 47.3 Å². The van der Waals surface area contributed by atoms with Crippen LogP contribution in [0, 0.1) is 0 Å². The zero-order valence-electron chi connectivity index (χ0n) is 15.0. The van der Waals surface area contributed by atoms with Crippen molar-refractivity contribution in [3.63, 3.8) is 0 Å². The number of nitrogens with zero attached hydrogens (tertiary/aromatic N) is 3. The lowest BCUT2D eigenvalue weighted by Gasteiger charge is -2.25. The van der Waals surface area contributed by atoms with Crippen molar-refractivity contribution in [3.05, 3.63) is 58.6 Å². The molecule has 6 heteroatoms. The van der Waals surface area contributed by atoms with Gasteiger partial charge in [0.25, 0.3) is 5.56 Å². The highest BCUT2D eigenvalue weighted by atomic mass is 16.5. The van der Waals surface area contributed by atoms with Gasteiger partial charge >= 0.3 is 0 Å². The van der Waals surface area contributed by atoms with Crippen LogP contribution in [0.2, 0.25) is 0 Å². The molecule has 1 aliphatic heterocycles. The summed E-state index contributed by atoms with van der Waals surface area (Å²) in [5.41, 5.74) is 2.93. The first-order valence-corrected chi connectivity index (χ1v) is 8.78. The SMILES string of the molecule is COc1ccc2nc(CN3CCCN(C)c4ccccc43)[nH]c(=O)c2c1. The van der Waals surface area contributed by atoms with Gasteiger partial charge in [-0.2, -0.15) is 0 Å². The van der Waals surface area contributed by atoms with E-state index in [1.54, 1.807) is 13.2 Å². The van der Waals surface area contributed by atoms with Gasteiger partial charge in [0.05, 0.1) is 35.9 Å². The molecule has 26 heavy (non-hydrogen) atoms. The van der Waals surface area contributed by atoms with Crippen LogP contribution in [-0.4, -0.2) is 37.2 Å². The molecule has 0 saturated heterocycles. The fourth-order valence-electron chi connectivity index (χ4n) is 3.51. The van der Waals surface area contributed by atoms with E-state index in [-0.39, 0.29) is 5.56 Å². The summed E-state index contributed by atoms with van der Waals surface area (Å²) < 4.78 is 5.20. The monoisotopic (exact) mass is 350 g/mol. The smallest absolute Gasteiger partial charge is 0.258 e. The van der Waals surface area contributed by atoms with Crippen molar-refractivity contribution in [2.75, 3.05) is 37.0 Å². The van der Waals surface area contributed by atoms with Crippen LogP contribution in [0.3, 0.4) is 0 Å². The first kappa shape index (κ1) is 16.4. The van der Waals surface area contributed by atoms with E-state index in [4.69, 9.17) is 4.74 Å². The first-order valence-electron chi connectivity index (χ1n) is 8.78. The minimum absolute atomic E-state index is 0.135. The molecule has 6 nitrogen and oxygen atoms in total. The number of nitrogens with one attached hydrogen (secondary N) is 1. The maximum absolute atomic E-state index is 12.5. The summed E-state index contributed by atoms with van der Waals surface area (Å²) in [5.74, 6) is 1.33. The van der Waals surface area contributed by atoms with Gasteiger partial charge in [-0.3, -0.25) is 4.79 Å². The van der Waals surface area contributed by atoms with Gasteiger partial charge in [0.2, 0.25) is 0 Å². The van der Waals surface area contributed by atoms with Gasteiger partial charge < -0.3 is 19.5 Å². The summed E-state index contributed by atoms with van der Waals surface area (Å²) in [7, 11) is 3.71. The third-order valence-corrected chi connectivity index (χ3v) is 4.86. The molecule has 4 rings (SSSR count). The third-order valence-electron chi connectivity index (χ3n) is 4.86. The van der Waals surface area contributed by atoms with Crippen molar-refractivity contribution in [1.29, 1.82) is 0 Å². The van der Waals surface area contributed by atoms with Gasteiger partial charge in [0.15, 0.2) is 0 Å². The van der Waals surface area contributed by atoms with Crippen molar-refractivity contribution in [1.82, 2.24) is 9.97 Å². The number of aromatic nitrogens is 2. The summed E-state index contributed by atoms with van der Waals surface area (Å²) >= 11 is 0. The third kappa shape index (κ3) is 2.98. The second kappa shape index (κ2) is 6.71. The van der Waals surface area contributed by atoms with E-state index < -0.39 is 0 Å². The Hall–Kier alpha value is -3.02. The molecule has 0 atom stereocenters. The van der Waals surface area contributed by atoms with Crippen LogP contribution < -0.4 is 20.1 Å². The standard InChI is InChI=1S/C20H22N4O2/c1-23-10-5-11-24(18-7-4-3-6-17(18)23)13-19-21-16-9-8-14(26-2)12-15(16)20(25)22-19/h3-4,6-9,12H,5,10-11,13H2,1-2H3,(H,21,22,25). The molecular formula is C20H22N4O2. The molecule has 0 bridgehead atoms. The predicted molar refractivity (Wildman–Crippen MR) is 104 cm³/mol. The summed E-state index contributed by atoms with van der Waals surface area (Å²) in [6, 6.07) is 13.8. The Balaban J connectivity index is 1.71. The summed E-state index contributed by atoms with van der Waals surface area (Å²) in [6.07, 6.45) is 1.06. The number of benzene rings is 2. The number of H-pyrrole nitrogens is 1. The highest BCUT2D eigenvalue weighted by molar-refractivity contribution is 5.79. The Kier molecular flexibility index (Phi) is 4.24. The number of ether oxygens (including phenoxy) is 1. The average Bonchev–Trinajstić information content (AvgIpc) is 2.81. The van der Waals surface area contributed by atoms with Crippen LogP contribution in [0.1, 0.15) is 12.2 Å². The lowest BCUT2D eigenvalue weighted by atomic mass is 10.2. The Morgan fingerprint density at radius 2 is 1.96 bits per heavy atom. The normalized spacial score (nSPS) is 14.2. The molecule has 2 aromatic carbocycles. The van der Waals surface area contributed by atoms with Gasteiger partial charge in [-0.05, 0) is 36.8 Å². The Bertz CT molecular complexity index is 999. The zero-order valence-corrected chi connectivity index (χ0v) is 15.0. The van der Waals surface area contributed by atoms with Gasteiger partial charge in [-0.25, -0.2) is 4.98 Å². The summed E-state index contributed by atoms with van der Waals surface area (Å²) in [4.78, 5) is 24.7. The number of methoxy groups -OCH3 is 1. The number of anilines is 2. The van der Waals surface area contributed by atoms with Crippen LogP contribution in [0.5, 0.6) is 5.75 Å². The second-order valence-corrected chi connectivity index (χ2v) is 6.58. The van der Waals surface area contributed by atoms with Gasteiger partial charge in [0, 0.05) is 20.1 Å². The number of para-hydroxylation sites is 2. The van der Waals surface area contributed by atoms with Crippen LogP contribution >= 0.6 is 0 Å². The number of hydrogen-bond acceptors (Lipinski definition) is 5. The lowest BCUT2D eigenvalue weighted by Crippen LogP contribution is -2.26. The molecule has 0 unspecified atom stereocenters. The van der Waals surface area contributed by atoms with E-state index in [1.807, 2.05) is 18.2 Å². The van der Waals surface area contributed by atoms with Gasteiger partial charge in [-0.15, -0.1) is 0 Å². The number of hydrogen-bond donors (Lipinski definition) is 1. The Labute approximate surface area is 152 Å². The fraction of sp³-hybridized carbons (Fsp3) is 0.300. The molecule has 0 radical (unpaired) electrons. The lowest BCUT2D eigenvalue weighted by molar-refractivity contribution is 0.415. The van der Waals surface area contributed by atoms with E-state index in [9.17, 15) is 4.79 Å². The van der Waals surface area contributed by atoms with E-state index in [1.165, 1.54) is 11.4 Å². The molecule has 134 valence electrons.